The Morgan fingerprint density at radius 3 is 2.58 bits per heavy atom. The van der Waals surface area contributed by atoms with Crippen molar-refractivity contribution in [1.82, 2.24) is 10.2 Å². The van der Waals surface area contributed by atoms with Crippen molar-refractivity contribution in [1.29, 1.82) is 0 Å². The number of rotatable bonds is 4. The lowest BCUT2D eigenvalue weighted by Crippen LogP contribution is -2.32. The molecule has 0 fully saturated rings. The van der Waals surface area contributed by atoms with Gasteiger partial charge in [-0.15, -0.1) is 21.8 Å². The van der Waals surface area contributed by atoms with E-state index in [1.165, 1.54) is 6.39 Å². The first-order chi connectivity index (χ1) is 9.03. The Morgan fingerprint density at radius 2 is 2.05 bits per heavy atom. The fraction of sp³-hybridized carbons (Fsp3) is 0.308. The maximum absolute atomic E-state index is 11.9. The Balaban J connectivity index is 2.10. The molecule has 2 rings (SSSR count). The second-order valence-electron chi connectivity index (χ2n) is 4.79. The van der Waals surface area contributed by atoms with Crippen LogP contribution in [0.25, 0.3) is 11.5 Å². The molecule has 1 aromatic heterocycles. The maximum atomic E-state index is 11.9. The smallest absolute Gasteiger partial charge is 0.247 e. The number of hydrogen-bond acceptors (Lipinski definition) is 4. The molecule has 0 aliphatic rings. The van der Waals surface area contributed by atoms with Crippen LogP contribution in [-0.4, -0.2) is 22.0 Å². The second-order valence-corrected chi connectivity index (χ2v) is 5.06. The molecule has 1 heterocycles. The van der Waals surface area contributed by atoms with Crippen LogP contribution in [-0.2, 0) is 4.79 Å². The molecule has 2 aromatic rings. The Hall–Kier alpha value is -1.88. The van der Waals surface area contributed by atoms with Gasteiger partial charge in [0.15, 0.2) is 0 Å². The first-order valence-electron chi connectivity index (χ1n) is 5.77. The number of carbonyl (C=O) groups excluding carboxylic acids is 1. The summed E-state index contributed by atoms with van der Waals surface area (Å²) in [6.07, 6.45) is 1.27. The van der Waals surface area contributed by atoms with Crippen LogP contribution < -0.4 is 5.32 Å². The van der Waals surface area contributed by atoms with Crippen LogP contribution in [0.3, 0.4) is 0 Å². The Bertz CT molecular complexity index is 550. The molecule has 0 unspecified atom stereocenters. The van der Waals surface area contributed by atoms with Gasteiger partial charge in [0, 0.05) is 17.1 Å². The number of nitrogens with one attached hydrogen (secondary N) is 1. The molecule has 0 aliphatic carbocycles. The van der Waals surface area contributed by atoms with Gasteiger partial charge in [0.2, 0.25) is 18.2 Å². The lowest BCUT2D eigenvalue weighted by atomic mass is 9.95. The molecule has 0 spiro atoms. The van der Waals surface area contributed by atoms with Crippen molar-refractivity contribution in [3.05, 3.63) is 30.7 Å². The highest BCUT2D eigenvalue weighted by molar-refractivity contribution is 6.20. The average molecular weight is 280 g/mol. The average Bonchev–Trinajstić information content (AvgIpc) is 2.93. The van der Waals surface area contributed by atoms with Crippen LogP contribution in [0.5, 0.6) is 0 Å². The van der Waals surface area contributed by atoms with Gasteiger partial charge in [-0.05, 0) is 38.1 Å². The monoisotopic (exact) mass is 279 g/mol. The van der Waals surface area contributed by atoms with Crippen molar-refractivity contribution in [2.75, 3.05) is 11.2 Å². The van der Waals surface area contributed by atoms with Crippen molar-refractivity contribution in [3.63, 3.8) is 0 Å². The predicted molar refractivity (Wildman–Crippen MR) is 72.9 cm³/mol. The topological polar surface area (TPSA) is 68.0 Å². The molecule has 19 heavy (non-hydrogen) atoms. The van der Waals surface area contributed by atoms with Crippen LogP contribution in [0.2, 0.25) is 0 Å². The molecule has 1 aromatic carbocycles. The molecular weight excluding hydrogens is 266 g/mol. The summed E-state index contributed by atoms with van der Waals surface area (Å²) in [5.74, 6) is 0.589. The number of alkyl halides is 1. The SMILES string of the molecule is CC(C)(CCl)C(=O)Nc1ccc(-c2nnco2)cc1. The summed E-state index contributed by atoms with van der Waals surface area (Å²) in [5, 5.41) is 10.2. The van der Waals surface area contributed by atoms with E-state index in [1.54, 1.807) is 38.1 Å². The molecule has 1 N–H and O–H groups in total. The highest BCUT2D eigenvalue weighted by Gasteiger charge is 2.26. The van der Waals surface area contributed by atoms with Gasteiger partial charge in [-0.25, -0.2) is 0 Å². The van der Waals surface area contributed by atoms with Crippen molar-refractivity contribution in [2.45, 2.75) is 13.8 Å². The van der Waals surface area contributed by atoms with Gasteiger partial charge in [0.25, 0.3) is 0 Å². The Labute approximate surface area is 116 Å². The lowest BCUT2D eigenvalue weighted by molar-refractivity contribution is -0.122. The van der Waals surface area contributed by atoms with Crippen molar-refractivity contribution >= 4 is 23.2 Å². The fourth-order valence-corrected chi connectivity index (χ4v) is 1.48. The molecule has 0 saturated heterocycles. The van der Waals surface area contributed by atoms with E-state index in [9.17, 15) is 4.79 Å². The summed E-state index contributed by atoms with van der Waals surface area (Å²) in [6.45, 7) is 3.59. The number of hydrogen-bond donors (Lipinski definition) is 1. The number of carbonyl (C=O) groups is 1. The van der Waals surface area contributed by atoms with E-state index in [4.69, 9.17) is 16.0 Å². The Kier molecular flexibility index (Phi) is 3.85. The van der Waals surface area contributed by atoms with Crippen LogP contribution in [0, 0.1) is 5.41 Å². The normalized spacial score (nSPS) is 11.3. The van der Waals surface area contributed by atoms with Crippen LogP contribution in [0.1, 0.15) is 13.8 Å². The minimum absolute atomic E-state index is 0.118. The summed E-state index contributed by atoms with van der Waals surface area (Å²) in [5.41, 5.74) is 0.894. The third kappa shape index (κ3) is 3.12. The number of nitrogens with zero attached hydrogens (tertiary/aromatic N) is 2. The zero-order valence-electron chi connectivity index (χ0n) is 10.7. The molecule has 0 saturated carbocycles. The van der Waals surface area contributed by atoms with E-state index in [0.717, 1.165) is 5.56 Å². The van der Waals surface area contributed by atoms with E-state index < -0.39 is 5.41 Å². The largest absolute Gasteiger partial charge is 0.423 e. The molecule has 0 bridgehead atoms. The third-order valence-corrected chi connectivity index (χ3v) is 3.37. The van der Waals surface area contributed by atoms with Crippen molar-refractivity contribution in [2.24, 2.45) is 5.41 Å². The minimum atomic E-state index is -0.604. The lowest BCUT2D eigenvalue weighted by Gasteiger charge is -2.20. The summed E-state index contributed by atoms with van der Waals surface area (Å²) >= 11 is 5.76. The molecule has 100 valence electrons. The van der Waals surface area contributed by atoms with Gasteiger partial charge in [-0.3, -0.25) is 4.79 Å². The Morgan fingerprint density at radius 1 is 1.37 bits per heavy atom. The highest BCUT2D eigenvalue weighted by Crippen LogP contribution is 2.22. The van der Waals surface area contributed by atoms with Crippen LogP contribution in [0.15, 0.2) is 35.1 Å². The van der Waals surface area contributed by atoms with E-state index in [-0.39, 0.29) is 11.8 Å². The van der Waals surface area contributed by atoms with E-state index in [1.807, 2.05) is 0 Å². The van der Waals surface area contributed by atoms with Crippen LogP contribution >= 0.6 is 11.6 Å². The number of anilines is 1. The van der Waals surface area contributed by atoms with Crippen LogP contribution in [0.4, 0.5) is 5.69 Å². The maximum Gasteiger partial charge on any atom is 0.247 e. The van der Waals surface area contributed by atoms with E-state index in [0.29, 0.717) is 11.6 Å². The quantitative estimate of drug-likeness (QED) is 0.874. The molecular formula is C13H14ClN3O2. The molecule has 1 amide bonds. The van der Waals surface area contributed by atoms with Gasteiger partial charge in [-0.1, -0.05) is 0 Å². The third-order valence-electron chi connectivity index (χ3n) is 2.70. The van der Waals surface area contributed by atoms with Crippen molar-refractivity contribution in [3.8, 4) is 11.5 Å². The first-order valence-corrected chi connectivity index (χ1v) is 6.30. The molecule has 0 aliphatic heterocycles. The highest BCUT2D eigenvalue weighted by atomic mass is 35.5. The molecule has 6 heteroatoms. The fourth-order valence-electron chi connectivity index (χ4n) is 1.36. The number of benzene rings is 1. The van der Waals surface area contributed by atoms with Crippen molar-refractivity contribution < 1.29 is 9.21 Å². The van der Waals surface area contributed by atoms with E-state index in [2.05, 4.69) is 15.5 Å². The molecule has 0 radical (unpaired) electrons. The molecule has 5 nitrogen and oxygen atoms in total. The second kappa shape index (κ2) is 5.40. The number of halogens is 1. The van der Waals surface area contributed by atoms with Gasteiger partial charge >= 0.3 is 0 Å². The summed E-state index contributed by atoms with van der Waals surface area (Å²) < 4.78 is 5.09. The molecule has 0 atom stereocenters. The van der Waals surface area contributed by atoms with Gasteiger partial charge < -0.3 is 9.73 Å². The predicted octanol–water partition coefficient (Wildman–Crippen LogP) is 2.94. The summed E-state index contributed by atoms with van der Waals surface area (Å²) in [6, 6.07) is 7.16. The zero-order valence-corrected chi connectivity index (χ0v) is 11.4. The number of aromatic nitrogens is 2. The summed E-state index contributed by atoms with van der Waals surface area (Å²) in [4.78, 5) is 11.9. The van der Waals surface area contributed by atoms with E-state index >= 15 is 0 Å². The van der Waals surface area contributed by atoms with Gasteiger partial charge in [0.05, 0.1) is 5.41 Å². The number of amides is 1. The van der Waals surface area contributed by atoms with Gasteiger partial charge in [-0.2, -0.15) is 0 Å². The standard InChI is InChI=1S/C13H14ClN3O2/c1-13(2,7-14)12(18)16-10-5-3-9(4-6-10)11-17-15-8-19-11/h3-6,8H,7H2,1-2H3,(H,16,18). The zero-order chi connectivity index (χ0) is 13.9. The minimum Gasteiger partial charge on any atom is -0.423 e. The first kappa shape index (κ1) is 13.5. The van der Waals surface area contributed by atoms with Gasteiger partial charge in [0.1, 0.15) is 0 Å². The summed E-state index contributed by atoms with van der Waals surface area (Å²) in [7, 11) is 0.